The Hall–Kier alpha value is -0.980. The Bertz CT molecular complexity index is 383. The lowest BCUT2D eigenvalue weighted by molar-refractivity contribution is -0.178. The van der Waals surface area contributed by atoms with Gasteiger partial charge in [0.05, 0.1) is 12.1 Å². The largest absolute Gasteiger partial charge is 0.444 e. The zero-order valence-electron chi connectivity index (χ0n) is 11.1. The number of ether oxygens (including phenoxy) is 1. The number of rotatable bonds is 1. The fourth-order valence-electron chi connectivity index (χ4n) is 3.08. The molecule has 3 fully saturated rings. The van der Waals surface area contributed by atoms with Crippen LogP contribution in [0.3, 0.4) is 0 Å². The normalized spacial score (nSPS) is 34.2. The molecule has 0 aromatic rings. The first-order chi connectivity index (χ1) is 8.50. The first-order valence-corrected chi connectivity index (χ1v) is 6.20. The van der Waals surface area contributed by atoms with Gasteiger partial charge < -0.3 is 9.84 Å². The van der Waals surface area contributed by atoms with Crippen molar-refractivity contribution in [2.24, 2.45) is 5.92 Å². The number of carbonyl (C=O) groups excluding carboxylic acids is 1. The number of nitrogens with zero attached hydrogens (tertiary/aromatic N) is 1. The van der Waals surface area contributed by atoms with Gasteiger partial charge in [-0.1, -0.05) is 0 Å². The summed E-state index contributed by atoms with van der Waals surface area (Å²) in [4.78, 5) is 12.7. The predicted octanol–water partition coefficient (Wildman–Crippen LogP) is 2.31. The second kappa shape index (κ2) is 4.01. The number of carbonyl (C=O) groups is 1. The van der Waals surface area contributed by atoms with Crippen molar-refractivity contribution in [3.05, 3.63) is 0 Å². The topological polar surface area (TPSA) is 49.8 Å². The Morgan fingerprint density at radius 1 is 1.37 bits per heavy atom. The van der Waals surface area contributed by atoms with Crippen molar-refractivity contribution in [1.82, 2.24) is 4.90 Å². The van der Waals surface area contributed by atoms with Crippen LogP contribution in [0.4, 0.5) is 18.0 Å². The molecule has 19 heavy (non-hydrogen) atoms. The van der Waals surface area contributed by atoms with Crippen molar-refractivity contribution < 1.29 is 27.8 Å². The molecule has 2 bridgehead atoms. The summed E-state index contributed by atoms with van der Waals surface area (Å²) in [7, 11) is 0. The SMILES string of the molecule is CC(C)(C)OC(=O)N1C(C(F)(F)F)C2CC1(CO)C2. The van der Waals surface area contributed by atoms with Crippen LogP contribution in [0.2, 0.25) is 0 Å². The van der Waals surface area contributed by atoms with Gasteiger partial charge in [0, 0.05) is 0 Å². The van der Waals surface area contributed by atoms with Gasteiger partial charge in [0.15, 0.2) is 0 Å². The van der Waals surface area contributed by atoms with E-state index in [4.69, 9.17) is 4.74 Å². The van der Waals surface area contributed by atoms with Crippen molar-refractivity contribution >= 4 is 6.09 Å². The average Bonchev–Trinajstić information content (AvgIpc) is 2.62. The van der Waals surface area contributed by atoms with Crippen LogP contribution in [-0.4, -0.2) is 46.1 Å². The first-order valence-electron chi connectivity index (χ1n) is 6.20. The molecule has 110 valence electrons. The fourth-order valence-corrected chi connectivity index (χ4v) is 3.08. The highest BCUT2D eigenvalue weighted by Crippen LogP contribution is 2.58. The summed E-state index contributed by atoms with van der Waals surface area (Å²) in [5.74, 6) is -0.625. The lowest BCUT2D eigenvalue weighted by atomic mass is 9.72. The summed E-state index contributed by atoms with van der Waals surface area (Å²) in [5, 5.41) is 9.35. The summed E-state index contributed by atoms with van der Waals surface area (Å²) >= 11 is 0. The third kappa shape index (κ3) is 2.28. The number of aliphatic hydroxyl groups is 1. The third-order valence-corrected chi connectivity index (χ3v) is 3.74. The molecule has 1 atom stereocenters. The lowest BCUT2D eigenvalue weighted by Gasteiger charge is -2.40. The van der Waals surface area contributed by atoms with Crippen LogP contribution in [0.5, 0.6) is 0 Å². The highest BCUT2D eigenvalue weighted by molar-refractivity contribution is 5.71. The van der Waals surface area contributed by atoms with Gasteiger partial charge in [-0.15, -0.1) is 0 Å². The second-order valence-electron chi connectivity index (χ2n) is 6.39. The molecule has 3 aliphatic rings. The zero-order chi connectivity index (χ0) is 14.6. The number of hydrogen-bond donors (Lipinski definition) is 1. The Balaban J connectivity index is 2.26. The van der Waals surface area contributed by atoms with Crippen LogP contribution in [0.1, 0.15) is 33.6 Å². The molecule has 2 aliphatic heterocycles. The maximum atomic E-state index is 13.1. The van der Waals surface area contributed by atoms with Gasteiger partial charge in [-0.05, 0) is 39.5 Å². The maximum Gasteiger partial charge on any atom is 0.411 e. The highest BCUT2D eigenvalue weighted by Gasteiger charge is 2.70. The first kappa shape index (κ1) is 14.4. The standard InChI is InChI=1S/C12H18F3NO3/c1-10(2,3)19-9(18)16-8(12(13,14)15)7-4-11(16,5-7)6-17/h7-8,17H,4-6H2,1-3H3. The van der Waals surface area contributed by atoms with Gasteiger partial charge in [-0.25, -0.2) is 4.79 Å². The quantitative estimate of drug-likeness (QED) is 0.802. The molecular weight excluding hydrogens is 263 g/mol. The second-order valence-corrected chi connectivity index (χ2v) is 6.39. The number of halogens is 3. The van der Waals surface area contributed by atoms with E-state index in [1.165, 1.54) is 0 Å². The van der Waals surface area contributed by atoms with Crippen LogP contribution in [0, 0.1) is 5.92 Å². The van der Waals surface area contributed by atoms with Crippen LogP contribution in [0.25, 0.3) is 0 Å². The number of hydrogen-bond acceptors (Lipinski definition) is 3. The fraction of sp³-hybridized carbons (Fsp3) is 0.917. The Morgan fingerprint density at radius 2 is 1.89 bits per heavy atom. The van der Waals surface area contributed by atoms with Crippen molar-refractivity contribution in [2.45, 2.75) is 57.0 Å². The van der Waals surface area contributed by atoms with E-state index in [0.717, 1.165) is 0 Å². The van der Waals surface area contributed by atoms with E-state index in [0.29, 0.717) is 4.90 Å². The summed E-state index contributed by atoms with van der Waals surface area (Å²) in [6.45, 7) is 4.33. The minimum atomic E-state index is -4.49. The van der Waals surface area contributed by atoms with Crippen molar-refractivity contribution in [3.63, 3.8) is 0 Å². The third-order valence-electron chi connectivity index (χ3n) is 3.74. The van der Waals surface area contributed by atoms with Gasteiger partial charge >= 0.3 is 12.3 Å². The van der Waals surface area contributed by atoms with Gasteiger partial charge in [-0.2, -0.15) is 13.2 Å². The molecule has 3 rings (SSSR count). The van der Waals surface area contributed by atoms with E-state index in [2.05, 4.69) is 0 Å². The molecular formula is C12H18F3NO3. The summed E-state index contributed by atoms with van der Waals surface area (Å²) in [6.07, 6.45) is -5.11. The van der Waals surface area contributed by atoms with Gasteiger partial charge in [-0.3, -0.25) is 4.90 Å². The smallest absolute Gasteiger partial charge is 0.411 e. The van der Waals surface area contributed by atoms with Crippen LogP contribution in [0.15, 0.2) is 0 Å². The van der Waals surface area contributed by atoms with Crippen molar-refractivity contribution in [1.29, 1.82) is 0 Å². The highest BCUT2D eigenvalue weighted by atomic mass is 19.4. The Labute approximate surface area is 109 Å². The van der Waals surface area contributed by atoms with Crippen LogP contribution in [-0.2, 0) is 4.74 Å². The average molecular weight is 281 g/mol. The van der Waals surface area contributed by atoms with E-state index in [9.17, 15) is 23.1 Å². The molecule has 2 saturated heterocycles. The Kier molecular flexibility index (Phi) is 3.04. The molecule has 1 unspecified atom stereocenters. The van der Waals surface area contributed by atoms with Gasteiger partial charge in [0.1, 0.15) is 11.6 Å². The summed E-state index contributed by atoms with van der Waals surface area (Å²) in [5.41, 5.74) is -1.95. The molecule has 4 nitrogen and oxygen atoms in total. The number of aliphatic hydroxyl groups excluding tert-OH is 1. The molecule has 2 heterocycles. The molecule has 7 heteroatoms. The molecule has 1 saturated carbocycles. The van der Waals surface area contributed by atoms with E-state index in [1.54, 1.807) is 20.8 Å². The van der Waals surface area contributed by atoms with Gasteiger partial charge in [0.2, 0.25) is 0 Å². The monoisotopic (exact) mass is 281 g/mol. The predicted molar refractivity (Wildman–Crippen MR) is 60.5 cm³/mol. The zero-order valence-corrected chi connectivity index (χ0v) is 11.1. The summed E-state index contributed by atoms with van der Waals surface area (Å²) < 4.78 is 44.2. The van der Waals surface area contributed by atoms with Crippen LogP contribution >= 0.6 is 0 Å². The molecule has 1 amide bonds. The molecule has 1 aliphatic carbocycles. The number of fused-ring (bicyclic) bond motifs is 1. The Morgan fingerprint density at radius 3 is 2.26 bits per heavy atom. The van der Waals surface area contributed by atoms with Crippen molar-refractivity contribution in [3.8, 4) is 0 Å². The number of alkyl halides is 3. The maximum absolute atomic E-state index is 13.1. The van der Waals surface area contributed by atoms with Crippen molar-refractivity contribution in [2.75, 3.05) is 6.61 Å². The van der Waals surface area contributed by atoms with E-state index >= 15 is 0 Å². The van der Waals surface area contributed by atoms with E-state index in [-0.39, 0.29) is 12.8 Å². The van der Waals surface area contributed by atoms with E-state index in [1.807, 2.05) is 0 Å². The molecule has 0 aromatic carbocycles. The molecule has 0 radical (unpaired) electrons. The van der Waals surface area contributed by atoms with E-state index < -0.39 is 42.0 Å². The molecule has 0 aromatic heterocycles. The minimum Gasteiger partial charge on any atom is -0.444 e. The molecule has 0 spiro atoms. The lowest BCUT2D eigenvalue weighted by Crippen LogP contribution is -2.55. The van der Waals surface area contributed by atoms with Crippen LogP contribution < -0.4 is 0 Å². The molecule has 1 N–H and O–H groups in total. The van der Waals surface area contributed by atoms with Gasteiger partial charge in [0.25, 0.3) is 0 Å². The summed E-state index contributed by atoms with van der Waals surface area (Å²) in [6, 6.07) is -1.84. The number of amides is 1. The minimum absolute atomic E-state index is 0.187.